The third kappa shape index (κ3) is 5.42. The first kappa shape index (κ1) is 20.5. The number of nitrogens with zero attached hydrogens (tertiary/aromatic N) is 2. The largest absolute Gasteiger partial charge is 0.481 e. The molecule has 28 heavy (non-hydrogen) atoms. The molecule has 1 aliphatic heterocycles. The van der Waals surface area contributed by atoms with Gasteiger partial charge in [-0.15, -0.1) is 0 Å². The summed E-state index contributed by atoms with van der Waals surface area (Å²) in [6.07, 6.45) is 2.82. The van der Waals surface area contributed by atoms with E-state index < -0.39 is 5.82 Å². The molecule has 1 aromatic heterocycles. The first-order valence-electron chi connectivity index (χ1n) is 8.70. The zero-order chi connectivity index (χ0) is 20.1. The summed E-state index contributed by atoms with van der Waals surface area (Å²) in [5.41, 5.74) is 0. The molecule has 1 aliphatic rings. The number of amides is 2. The average Bonchev–Trinajstić information content (AvgIpc) is 2.69. The summed E-state index contributed by atoms with van der Waals surface area (Å²) in [5.74, 6) is -0.965. The number of rotatable bonds is 5. The molecule has 0 spiro atoms. The highest BCUT2D eigenvalue weighted by atomic mass is 79.9. The third-order valence-electron chi connectivity index (χ3n) is 4.37. The quantitative estimate of drug-likeness (QED) is 0.720. The predicted octanol–water partition coefficient (Wildman–Crippen LogP) is 3.89. The summed E-state index contributed by atoms with van der Waals surface area (Å²) in [4.78, 5) is 30.5. The van der Waals surface area contributed by atoms with Crippen molar-refractivity contribution in [1.29, 1.82) is 0 Å². The van der Waals surface area contributed by atoms with Crippen LogP contribution in [0.4, 0.5) is 10.2 Å². The summed E-state index contributed by atoms with van der Waals surface area (Å²) in [6.45, 7) is 0.532. The lowest BCUT2D eigenvalue weighted by Gasteiger charge is -2.32. The molecular weight excluding hydrogens is 453 g/mol. The van der Waals surface area contributed by atoms with Crippen molar-refractivity contribution >= 4 is 45.2 Å². The fourth-order valence-corrected chi connectivity index (χ4v) is 3.36. The number of hydrogen-bond donors (Lipinski definition) is 1. The molecule has 6 nitrogen and oxygen atoms in total. The zero-order valence-corrected chi connectivity index (χ0v) is 17.2. The van der Waals surface area contributed by atoms with Gasteiger partial charge in [0, 0.05) is 23.8 Å². The SMILES string of the molecule is O=C(Nc1ccc(Cl)cn1)C1CCCN(C(=O)COc2ccc(Br)cc2F)C1. The molecule has 1 aromatic carbocycles. The van der Waals surface area contributed by atoms with E-state index in [9.17, 15) is 14.0 Å². The molecule has 2 aromatic rings. The highest BCUT2D eigenvalue weighted by Crippen LogP contribution is 2.22. The van der Waals surface area contributed by atoms with E-state index in [0.29, 0.717) is 34.7 Å². The van der Waals surface area contributed by atoms with Crippen molar-refractivity contribution in [3.8, 4) is 5.75 Å². The maximum absolute atomic E-state index is 13.8. The number of anilines is 1. The summed E-state index contributed by atoms with van der Waals surface area (Å²) < 4.78 is 19.7. The van der Waals surface area contributed by atoms with Gasteiger partial charge in [-0.25, -0.2) is 9.37 Å². The Balaban J connectivity index is 1.53. The number of carbonyl (C=O) groups excluding carboxylic acids is 2. The van der Waals surface area contributed by atoms with Gasteiger partial charge in [-0.2, -0.15) is 0 Å². The standard InChI is InChI=1S/C19H18BrClFN3O3/c20-13-3-5-16(15(22)8-13)28-11-18(26)25-7-1-2-12(10-25)19(27)24-17-6-4-14(21)9-23-17/h3-6,8-9,12H,1-2,7,10-11H2,(H,23,24,27). The van der Waals surface area contributed by atoms with Gasteiger partial charge in [-0.05, 0) is 43.2 Å². The smallest absolute Gasteiger partial charge is 0.260 e. The summed E-state index contributed by atoms with van der Waals surface area (Å²) in [7, 11) is 0. The Hall–Kier alpha value is -2.19. The van der Waals surface area contributed by atoms with E-state index in [1.807, 2.05) is 0 Å². The molecule has 1 fully saturated rings. The molecule has 0 saturated carbocycles. The van der Waals surface area contributed by atoms with E-state index in [1.165, 1.54) is 18.3 Å². The second kappa shape index (κ2) is 9.34. The molecule has 0 radical (unpaired) electrons. The number of ether oxygens (including phenoxy) is 1. The maximum atomic E-state index is 13.8. The number of aromatic nitrogens is 1. The Labute approximate surface area is 175 Å². The number of halogens is 3. The molecular formula is C19H18BrClFN3O3. The number of benzene rings is 1. The number of nitrogens with one attached hydrogen (secondary N) is 1. The normalized spacial score (nSPS) is 16.5. The van der Waals surface area contributed by atoms with Gasteiger partial charge in [0.2, 0.25) is 5.91 Å². The second-order valence-electron chi connectivity index (χ2n) is 6.39. The van der Waals surface area contributed by atoms with Gasteiger partial charge in [0.05, 0.1) is 10.9 Å². The highest BCUT2D eigenvalue weighted by molar-refractivity contribution is 9.10. The van der Waals surface area contributed by atoms with E-state index in [1.54, 1.807) is 23.1 Å². The van der Waals surface area contributed by atoms with Crippen molar-refractivity contribution in [2.24, 2.45) is 5.92 Å². The molecule has 0 bridgehead atoms. The van der Waals surface area contributed by atoms with Gasteiger partial charge in [0.1, 0.15) is 5.82 Å². The minimum absolute atomic E-state index is 0.0108. The van der Waals surface area contributed by atoms with Crippen molar-refractivity contribution in [3.05, 3.63) is 51.8 Å². The molecule has 9 heteroatoms. The van der Waals surface area contributed by atoms with Crippen molar-refractivity contribution < 1.29 is 18.7 Å². The Morgan fingerprint density at radius 2 is 2.18 bits per heavy atom. The molecule has 1 atom stereocenters. The fraction of sp³-hybridized carbons (Fsp3) is 0.316. The van der Waals surface area contributed by atoms with Crippen LogP contribution in [0.1, 0.15) is 12.8 Å². The Bertz CT molecular complexity index is 866. The fourth-order valence-electron chi connectivity index (χ4n) is 2.92. The number of piperidine rings is 1. The molecule has 3 rings (SSSR count). The Morgan fingerprint density at radius 3 is 2.89 bits per heavy atom. The lowest BCUT2D eigenvalue weighted by Crippen LogP contribution is -2.45. The summed E-state index contributed by atoms with van der Waals surface area (Å²) >= 11 is 8.95. The monoisotopic (exact) mass is 469 g/mol. The van der Waals surface area contributed by atoms with Crippen molar-refractivity contribution in [2.75, 3.05) is 25.0 Å². The van der Waals surface area contributed by atoms with E-state index in [4.69, 9.17) is 16.3 Å². The van der Waals surface area contributed by atoms with Gasteiger partial charge in [-0.3, -0.25) is 9.59 Å². The number of pyridine rings is 1. The van der Waals surface area contributed by atoms with Crippen LogP contribution in [-0.4, -0.2) is 41.4 Å². The van der Waals surface area contributed by atoms with Gasteiger partial charge in [0.25, 0.3) is 5.91 Å². The number of likely N-dealkylation sites (tertiary alicyclic amines) is 1. The predicted molar refractivity (Wildman–Crippen MR) is 107 cm³/mol. The van der Waals surface area contributed by atoms with E-state index in [0.717, 1.165) is 0 Å². The zero-order valence-electron chi connectivity index (χ0n) is 14.8. The minimum Gasteiger partial charge on any atom is -0.481 e. The van der Waals surface area contributed by atoms with Gasteiger partial charge < -0.3 is 15.0 Å². The topological polar surface area (TPSA) is 71.5 Å². The molecule has 1 unspecified atom stereocenters. The third-order valence-corrected chi connectivity index (χ3v) is 5.09. The van der Waals surface area contributed by atoms with Crippen LogP contribution in [0, 0.1) is 11.7 Å². The summed E-state index contributed by atoms with van der Waals surface area (Å²) in [5, 5.41) is 3.22. The van der Waals surface area contributed by atoms with Crippen molar-refractivity contribution in [2.45, 2.75) is 12.8 Å². The number of hydrogen-bond acceptors (Lipinski definition) is 4. The van der Waals surface area contributed by atoms with Crippen LogP contribution in [0.25, 0.3) is 0 Å². The molecule has 0 aliphatic carbocycles. The maximum Gasteiger partial charge on any atom is 0.260 e. The number of carbonyl (C=O) groups is 2. The van der Waals surface area contributed by atoms with Crippen LogP contribution in [0.3, 0.4) is 0 Å². The lowest BCUT2D eigenvalue weighted by molar-refractivity contribution is -0.136. The van der Waals surface area contributed by atoms with Crippen LogP contribution in [0.2, 0.25) is 5.02 Å². The Kier molecular flexibility index (Phi) is 6.85. The van der Waals surface area contributed by atoms with Crippen LogP contribution < -0.4 is 10.1 Å². The summed E-state index contributed by atoms with van der Waals surface area (Å²) in [6, 6.07) is 7.62. The van der Waals surface area contributed by atoms with Crippen LogP contribution >= 0.6 is 27.5 Å². The van der Waals surface area contributed by atoms with Gasteiger partial charge in [-0.1, -0.05) is 27.5 Å². The molecule has 1 saturated heterocycles. The molecule has 2 amide bonds. The van der Waals surface area contributed by atoms with E-state index >= 15 is 0 Å². The molecule has 2 heterocycles. The first-order chi connectivity index (χ1) is 13.4. The van der Waals surface area contributed by atoms with E-state index in [-0.39, 0.29) is 36.6 Å². The van der Waals surface area contributed by atoms with Crippen LogP contribution in [0.5, 0.6) is 5.75 Å². The van der Waals surface area contributed by atoms with Crippen molar-refractivity contribution in [3.63, 3.8) is 0 Å². The van der Waals surface area contributed by atoms with Crippen LogP contribution in [0.15, 0.2) is 41.0 Å². The van der Waals surface area contributed by atoms with Gasteiger partial charge in [0.15, 0.2) is 18.2 Å². The minimum atomic E-state index is -0.548. The van der Waals surface area contributed by atoms with E-state index in [2.05, 4.69) is 26.2 Å². The molecule has 1 N–H and O–H groups in total. The van der Waals surface area contributed by atoms with Gasteiger partial charge >= 0.3 is 0 Å². The lowest BCUT2D eigenvalue weighted by atomic mass is 9.97. The molecule has 148 valence electrons. The average molecular weight is 471 g/mol. The second-order valence-corrected chi connectivity index (χ2v) is 7.75. The Morgan fingerprint density at radius 1 is 1.36 bits per heavy atom. The first-order valence-corrected chi connectivity index (χ1v) is 9.87. The highest BCUT2D eigenvalue weighted by Gasteiger charge is 2.29. The van der Waals surface area contributed by atoms with Crippen LogP contribution in [-0.2, 0) is 9.59 Å². The van der Waals surface area contributed by atoms with Crippen molar-refractivity contribution in [1.82, 2.24) is 9.88 Å².